The van der Waals surface area contributed by atoms with E-state index in [4.69, 9.17) is 16.8 Å². The van der Waals surface area contributed by atoms with Crippen LogP contribution in [-0.2, 0) is 4.62 Å². The predicted octanol–water partition coefficient (Wildman–Crippen LogP) is -1.000. The number of hydrazine groups is 2. The van der Waals surface area contributed by atoms with Crippen LogP contribution in [0.15, 0.2) is 0 Å². The van der Waals surface area contributed by atoms with Crippen LogP contribution < -0.4 is 17.6 Å². The summed E-state index contributed by atoms with van der Waals surface area (Å²) in [5, 5.41) is 6.67. The molecule has 0 rings (SSSR count). The zero-order valence-electron chi connectivity index (χ0n) is 3.53. The Bertz CT molecular complexity index is 68.5. The lowest BCUT2D eigenvalue weighted by atomic mass is 12.6. The molecule has 0 bridgehead atoms. The third-order valence-electron chi connectivity index (χ3n) is 0.310. The zero-order valence-corrected chi connectivity index (χ0v) is 4.43. The number of nitrogens with two attached hydrogens (primary N) is 3. The van der Waals surface area contributed by atoms with Gasteiger partial charge in [0.15, 0.2) is 0 Å². The minimum Gasteiger partial charge on any atom is -0.251 e. The Morgan fingerprint density at radius 3 is 2.00 bits per heavy atom. The van der Waals surface area contributed by atoms with Crippen LogP contribution in [0.2, 0.25) is 0 Å². The van der Waals surface area contributed by atoms with E-state index in [9.17, 15) is 0 Å². The van der Waals surface area contributed by atoms with Crippen LogP contribution >= 0.6 is 8.09 Å². The molecule has 7 heavy (non-hydrogen) atoms. The van der Waals surface area contributed by atoms with Gasteiger partial charge in [-0.15, -0.1) is 4.89 Å². The van der Waals surface area contributed by atoms with E-state index in [1.165, 1.54) is 0 Å². The molecule has 0 heterocycles. The van der Waals surface area contributed by atoms with Crippen LogP contribution in [0.3, 0.4) is 0 Å². The normalized spacial score (nSPS) is 12.3. The van der Waals surface area contributed by atoms with Crippen molar-refractivity contribution in [1.82, 2.24) is 4.89 Å². The first-order chi connectivity index (χ1) is 3.18. The Kier molecular flexibility index (Phi) is 2.93. The topological polar surface area (TPSA) is 114 Å². The molecule has 7 N–H and O–H groups in total. The minimum atomic E-state index is -1.72. The molecule has 0 amide bonds. The lowest BCUT2D eigenvalue weighted by Crippen LogP contribution is -2.31. The van der Waals surface area contributed by atoms with Crippen molar-refractivity contribution in [2.24, 2.45) is 17.6 Å². The summed E-state index contributed by atoms with van der Waals surface area (Å²) in [5.41, 5.74) is 0. The molecule has 0 fully saturated rings. The van der Waals surface area contributed by atoms with Crippen molar-refractivity contribution in [2.45, 2.75) is 0 Å². The molecular formula is H7N5OP. The van der Waals surface area contributed by atoms with Crippen LogP contribution in [-0.4, -0.2) is 4.89 Å². The van der Waals surface area contributed by atoms with Crippen LogP contribution in [0.4, 0.5) is 0 Å². The molecule has 0 saturated heterocycles. The smallest absolute Gasteiger partial charge is 0.206 e. The Labute approximate surface area is 41.5 Å². The largest absolute Gasteiger partial charge is 0.251 e. The van der Waals surface area contributed by atoms with Crippen LogP contribution in [0.1, 0.15) is 0 Å². The first kappa shape index (κ1) is 6.90. The monoisotopic (exact) mass is 124 g/mol. The van der Waals surface area contributed by atoms with Gasteiger partial charge in [0.1, 0.15) is 0 Å². The Hall–Kier alpha value is -0.100. The van der Waals surface area contributed by atoms with E-state index < -0.39 is 8.09 Å². The fourth-order valence-corrected chi connectivity index (χ4v) is 0.163. The third kappa shape index (κ3) is 2.58. The maximum atomic E-state index is 6.67. The molecule has 1 radical (unpaired) electrons. The van der Waals surface area contributed by atoms with Crippen LogP contribution in [0, 0.1) is 5.16 Å². The second-order valence-electron chi connectivity index (χ2n) is 0.758. The van der Waals surface area contributed by atoms with E-state index in [1.807, 2.05) is 0 Å². The van der Waals surface area contributed by atoms with Crippen molar-refractivity contribution >= 4 is 8.09 Å². The highest BCUT2D eigenvalue weighted by atomic mass is 31.1. The van der Waals surface area contributed by atoms with Crippen molar-refractivity contribution in [2.75, 3.05) is 0 Å². The van der Waals surface area contributed by atoms with Crippen LogP contribution in [0.5, 0.6) is 0 Å². The molecule has 1 atom stereocenters. The first-order valence-electron chi connectivity index (χ1n) is 1.36. The first-order valence-corrected chi connectivity index (χ1v) is 2.57. The minimum absolute atomic E-state index is 0.606. The third-order valence-corrected chi connectivity index (χ3v) is 0.929. The predicted molar refractivity (Wildman–Crippen MR) is 25.1 cm³/mol. The molecule has 0 spiro atoms. The SMILES string of the molecule is N=[P](ON)N(N)N. The molecule has 0 saturated carbocycles. The molecule has 0 aliphatic rings. The van der Waals surface area contributed by atoms with Gasteiger partial charge in [0.2, 0.25) is 8.09 Å². The molecule has 0 aliphatic heterocycles. The molecule has 0 aliphatic carbocycles. The van der Waals surface area contributed by atoms with Gasteiger partial charge < -0.3 is 0 Å². The number of nitrogens with one attached hydrogen (secondary N) is 1. The van der Waals surface area contributed by atoms with Crippen LogP contribution in [0.25, 0.3) is 0 Å². The van der Waals surface area contributed by atoms with E-state index >= 15 is 0 Å². The van der Waals surface area contributed by atoms with Gasteiger partial charge in [0.25, 0.3) is 0 Å². The average molecular weight is 124 g/mol. The maximum absolute atomic E-state index is 6.67. The molecule has 43 valence electrons. The van der Waals surface area contributed by atoms with Gasteiger partial charge in [-0.05, 0) is 0 Å². The molecular weight excluding hydrogens is 117 g/mol. The second-order valence-corrected chi connectivity index (χ2v) is 1.98. The van der Waals surface area contributed by atoms with E-state index in [-0.39, 0.29) is 0 Å². The van der Waals surface area contributed by atoms with Crippen molar-refractivity contribution in [3.8, 4) is 0 Å². The quantitative estimate of drug-likeness (QED) is 0.214. The summed E-state index contributed by atoms with van der Waals surface area (Å²) in [7, 11) is -1.72. The summed E-state index contributed by atoms with van der Waals surface area (Å²) in [6.45, 7) is 0. The van der Waals surface area contributed by atoms with Gasteiger partial charge in [0.05, 0.1) is 0 Å². The highest BCUT2D eigenvalue weighted by Crippen LogP contribution is 2.16. The standard InChI is InChI=1S/H7N5OP/c1-5(2)7(4)6-3/h4H,1-3H2. The van der Waals surface area contributed by atoms with E-state index in [2.05, 4.69) is 10.5 Å². The summed E-state index contributed by atoms with van der Waals surface area (Å²) in [4.78, 5) is 0.606. The Morgan fingerprint density at radius 2 is 2.00 bits per heavy atom. The Balaban J connectivity index is 3.35. The highest BCUT2D eigenvalue weighted by molar-refractivity contribution is 7.37. The summed E-state index contributed by atoms with van der Waals surface area (Å²) in [5.74, 6) is 14.1. The molecule has 1 unspecified atom stereocenters. The van der Waals surface area contributed by atoms with Crippen molar-refractivity contribution in [1.29, 1.82) is 5.16 Å². The Morgan fingerprint density at radius 1 is 1.57 bits per heavy atom. The van der Waals surface area contributed by atoms with Gasteiger partial charge in [0, 0.05) is 0 Å². The van der Waals surface area contributed by atoms with E-state index in [0.29, 0.717) is 4.89 Å². The van der Waals surface area contributed by atoms with E-state index in [0.717, 1.165) is 0 Å². The summed E-state index contributed by atoms with van der Waals surface area (Å²) >= 11 is 0. The van der Waals surface area contributed by atoms with Crippen molar-refractivity contribution in [3.05, 3.63) is 0 Å². The van der Waals surface area contributed by atoms with Crippen molar-refractivity contribution < 1.29 is 4.62 Å². The summed E-state index contributed by atoms with van der Waals surface area (Å²) in [6.07, 6.45) is 0. The lowest BCUT2D eigenvalue weighted by molar-refractivity contribution is 0.328. The van der Waals surface area contributed by atoms with Crippen molar-refractivity contribution in [3.63, 3.8) is 0 Å². The molecule has 0 aromatic carbocycles. The molecule has 6 nitrogen and oxygen atoms in total. The van der Waals surface area contributed by atoms with Gasteiger partial charge in [-0.2, -0.15) is 0 Å². The number of hydrogen-bond acceptors (Lipinski definition) is 5. The molecule has 0 aromatic rings. The highest BCUT2D eigenvalue weighted by Gasteiger charge is 1.93. The number of nitrogens with zero attached hydrogens (tertiary/aromatic N) is 1. The second kappa shape index (κ2) is 2.98. The summed E-state index contributed by atoms with van der Waals surface area (Å²) < 4.78 is 3.92. The lowest BCUT2D eigenvalue weighted by Gasteiger charge is -2.05. The fourth-order valence-electron chi connectivity index (χ4n) is 0.0544. The number of hydrogen-bond donors (Lipinski definition) is 4. The summed E-state index contributed by atoms with van der Waals surface area (Å²) in [6, 6.07) is 0. The molecule has 7 heteroatoms. The number of rotatable bonds is 2. The average Bonchev–Trinajstić information content (AvgIpc) is 1.65. The maximum Gasteiger partial charge on any atom is 0.206 e. The fraction of sp³-hybridized carbons (Fsp3) is 0. The van der Waals surface area contributed by atoms with Gasteiger partial charge in [-0.1, -0.05) is 0 Å². The van der Waals surface area contributed by atoms with Gasteiger partial charge in [-0.25, -0.2) is 22.2 Å². The zero-order chi connectivity index (χ0) is 5.86. The van der Waals surface area contributed by atoms with E-state index in [1.54, 1.807) is 0 Å². The van der Waals surface area contributed by atoms with Gasteiger partial charge in [-0.3, -0.25) is 5.16 Å². The molecule has 0 aromatic heterocycles. The van der Waals surface area contributed by atoms with Gasteiger partial charge >= 0.3 is 0 Å².